The molecule has 3 aliphatic rings. The highest BCUT2D eigenvalue weighted by Crippen LogP contribution is 2.26. The quantitative estimate of drug-likeness (QED) is 0.696. The number of piperazine rings is 2. The van der Waals surface area contributed by atoms with E-state index in [1.807, 2.05) is 12.1 Å². The van der Waals surface area contributed by atoms with Gasteiger partial charge in [-0.2, -0.15) is 0 Å². The molecule has 1 amide bonds. The van der Waals surface area contributed by atoms with Crippen molar-refractivity contribution in [3.05, 3.63) is 53.8 Å². The molecule has 2 saturated heterocycles. The molecule has 2 aromatic rings. The summed E-state index contributed by atoms with van der Waals surface area (Å²) in [7, 11) is 0. The van der Waals surface area contributed by atoms with Crippen molar-refractivity contribution in [3.8, 4) is 11.1 Å². The van der Waals surface area contributed by atoms with E-state index in [1.165, 1.54) is 24.9 Å². The van der Waals surface area contributed by atoms with Crippen LogP contribution in [0.15, 0.2) is 42.5 Å². The van der Waals surface area contributed by atoms with Gasteiger partial charge < -0.3 is 9.80 Å². The van der Waals surface area contributed by atoms with Crippen LogP contribution in [0.3, 0.4) is 0 Å². The summed E-state index contributed by atoms with van der Waals surface area (Å²) in [6.07, 6.45) is 4.05. The fourth-order valence-corrected chi connectivity index (χ4v) is 5.18. The number of anilines is 1. The van der Waals surface area contributed by atoms with Crippen molar-refractivity contribution < 1.29 is 9.18 Å². The molecule has 0 unspecified atom stereocenters. The Bertz CT molecular complexity index is 959. The molecule has 33 heavy (non-hydrogen) atoms. The lowest BCUT2D eigenvalue weighted by molar-refractivity contribution is -0.134. The minimum absolute atomic E-state index is 0.164. The van der Waals surface area contributed by atoms with E-state index in [-0.39, 0.29) is 11.7 Å². The topological polar surface area (TPSA) is 30.0 Å². The highest BCUT2D eigenvalue weighted by atomic mass is 19.1. The number of carbonyl (C=O) groups is 1. The molecule has 0 bridgehead atoms. The molecule has 0 radical (unpaired) electrons. The zero-order valence-electron chi connectivity index (χ0n) is 19.7. The molecule has 1 aliphatic carbocycles. The Morgan fingerprint density at radius 2 is 1.55 bits per heavy atom. The van der Waals surface area contributed by atoms with Gasteiger partial charge in [0.15, 0.2) is 0 Å². The van der Waals surface area contributed by atoms with Gasteiger partial charge in [0.2, 0.25) is 5.91 Å². The molecule has 0 atom stereocenters. The van der Waals surface area contributed by atoms with Crippen molar-refractivity contribution in [1.82, 2.24) is 14.7 Å². The van der Waals surface area contributed by atoms with Crippen LogP contribution < -0.4 is 4.90 Å². The van der Waals surface area contributed by atoms with Crippen LogP contribution in [0.2, 0.25) is 0 Å². The fraction of sp³-hybridized carbons (Fsp3) is 0.519. The second-order valence-electron chi connectivity index (χ2n) is 9.78. The van der Waals surface area contributed by atoms with Crippen LogP contribution in [-0.4, -0.2) is 85.6 Å². The third-order valence-electron chi connectivity index (χ3n) is 7.73. The molecule has 0 spiro atoms. The molecule has 2 heterocycles. The molecule has 5 rings (SSSR count). The average molecular weight is 451 g/mol. The molecule has 2 aliphatic heterocycles. The number of hydrogen-bond acceptors (Lipinski definition) is 4. The van der Waals surface area contributed by atoms with Gasteiger partial charge in [-0.25, -0.2) is 4.39 Å². The van der Waals surface area contributed by atoms with Crippen molar-refractivity contribution in [2.24, 2.45) is 0 Å². The predicted molar refractivity (Wildman–Crippen MR) is 131 cm³/mol. The molecule has 176 valence electrons. The summed E-state index contributed by atoms with van der Waals surface area (Å²) in [5.74, 6) is 0.119. The standard InChI is InChI=1S/C27H35FN4O/c1-21-5-6-23(19-26(21)28)22-7-9-25(10-8-22)30-13-11-29(12-14-30)20-27(33)32-17-15-31(16-18-32)24-3-2-4-24/h5-10,19,24H,2-4,11-18,20H2,1H3. The molecule has 2 aromatic carbocycles. The van der Waals surface area contributed by atoms with Crippen molar-refractivity contribution in [3.63, 3.8) is 0 Å². The van der Waals surface area contributed by atoms with Gasteiger partial charge in [0.1, 0.15) is 5.82 Å². The summed E-state index contributed by atoms with van der Waals surface area (Å²) in [4.78, 5) is 22.1. The van der Waals surface area contributed by atoms with E-state index < -0.39 is 0 Å². The first-order valence-corrected chi connectivity index (χ1v) is 12.4. The normalized spacial score (nSPS) is 20.7. The molecule has 6 heteroatoms. The van der Waals surface area contributed by atoms with Gasteiger partial charge in [0, 0.05) is 64.1 Å². The number of nitrogens with zero attached hydrogens (tertiary/aromatic N) is 4. The maximum Gasteiger partial charge on any atom is 0.236 e. The van der Waals surface area contributed by atoms with Crippen LogP contribution in [0.1, 0.15) is 24.8 Å². The Hall–Kier alpha value is -2.44. The van der Waals surface area contributed by atoms with Crippen LogP contribution in [0.5, 0.6) is 0 Å². The van der Waals surface area contributed by atoms with Crippen molar-refractivity contribution in [1.29, 1.82) is 0 Å². The first-order valence-electron chi connectivity index (χ1n) is 12.4. The van der Waals surface area contributed by atoms with Crippen LogP contribution in [0.25, 0.3) is 11.1 Å². The van der Waals surface area contributed by atoms with E-state index >= 15 is 0 Å². The number of amides is 1. The highest BCUT2D eigenvalue weighted by Gasteiger charge is 2.30. The van der Waals surface area contributed by atoms with Gasteiger partial charge in [0.05, 0.1) is 6.54 Å². The summed E-state index contributed by atoms with van der Waals surface area (Å²) in [6, 6.07) is 14.6. The Morgan fingerprint density at radius 3 is 2.15 bits per heavy atom. The first kappa shape index (κ1) is 22.4. The van der Waals surface area contributed by atoms with Gasteiger partial charge in [0.25, 0.3) is 0 Å². The number of aryl methyl sites for hydroxylation is 1. The highest BCUT2D eigenvalue weighted by molar-refractivity contribution is 5.78. The van der Waals surface area contributed by atoms with Gasteiger partial charge in [-0.1, -0.05) is 30.7 Å². The van der Waals surface area contributed by atoms with E-state index in [1.54, 1.807) is 13.0 Å². The van der Waals surface area contributed by atoms with Crippen LogP contribution >= 0.6 is 0 Å². The van der Waals surface area contributed by atoms with Gasteiger partial charge in [-0.15, -0.1) is 0 Å². The Balaban J connectivity index is 1.09. The van der Waals surface area contributed by atoms with E-state index in [0.29, 0.717) is 12.1 Å². The summed E-state index contributed by atoms with van der Waals surface area (Å²) in [5, 5.41) is 0. The zero-order chi connectivity index (χ0) is 22.8. The van der Waals surface area contributed by atoms with Crippen LogP contribution in [0, 0.1) is 12.7 Å². The fourth-order valence-electron chi connectivity index (χ4n) is 5.18. The van der Waals surface area contributed by atoms with E-state index in [2.05, 4.69) is 43.9 Å². The second-order valence-corrected chi connectivity index (χ2v) is 9.78. The van der Waals surface area contributed by atoms with Crippen LogP contribution in [-0.2, 0) is 4.79 Å². The summed E-state index contributed by atoms with van der Waals surface area (Å²) in [5.41, 5.74) is 3.79. The lowest BCUT2D eigenvalue weighted by atomic mass is 9.91. The monoisotopic (exact) mass is 450 g/mol. The lowest BCUT2D eigenvalue weighted by Crippen LogP contribution is -2.56. The molecular formula is C27H35FN4O. The second kappa shape index (κ2) is 9.82. The van der Waals surface area contributed by atoms with Gasteiger partial charge in [-0.05, 0) is 54.7 Å². The zero-order valence-corrected chi connectivity index (χ0v) is 19.7. The van der Waals surface area contributed by atoms with E-state index in [4.69, 9.17) is 0 Å². The SMILES string of the molecule is Cc1ccc(-c2ccc(N3CCN(CC(=O)N4CCN(C5CCC5)CC4)CC3)cc2)cc1F. The Kier molecular flexibility index (Phi) is 6.65. The summed E-state index contributed by atoms with van der Waals surface area (Å²) < 4.78 is 13.9. The van der Waals surface area contributed by atoms with E-state index in [0.717, 1.165) is 69.5 Å². The predicted octanol–water partition coefficient (Wildman–Crippen LogP) is 3.62. The number of carbonyl (C=O) groups excluding carboxylic acids is 1. The maximum atomic E-state index is 13.9. The average Bonchev–Trinajstić information content (AvgIpc) is 2.81. The molecule has 1 saturated carbocycles. The minimum Gasteiger partial charge on any atom is -0.369 e. The van der Waals surface area contributed by atoms with Crippen molar-refractivity contribution >= 4 is 11.6 Å². The third-order valence-corrected chi connectivity index (χ3v) is 7.73. The van der Waals surface area contributed by atoms with Crippen LogP contribution in [0.4, 0.5) is 10.1 Å². The maximum absolute atomic E-state index is 13.9. The minimum atomic E-state index is -0.164. The largest absolute Gasteiger partial charge is 0.369 e. The van der Waals surface area contributed by atoms with Crippen molar-refractivity contribution in [2.75, 3.05) is 63.8 Å². The molecule has 5 nitrogen and oxygen atoms in total. The number of hydrogen-bond donors (Lipinski definition) is 0. The summed E-state index contributed by atoms with van der Waals surface area (Å²) in [6.45, 7) is 9.80. The van der Waals surface area contributed by atoms with E-state index in [9.17, 15) is 9.18 Å². The Morgan fingerprint density at radius 1 is 0.879 bits per heavy atom. The smallest absolute Gasteiger partial charge is 0.236 e. The molecular weight excluding hydrogens is 415 g/mol. The van der Waals surface area contributed by atoms with Gasteiger partial charge >= 0.3 is 0 Å². The van der Waals surface area contributed by atoms with Crippen molar-refractivity contribution in [2.45, 2.75) is 32.2 Å². The number of halogens is 1. The number of rotatable bonds is 5. The molecule has 3 fully saturated rings. The number of benzene rings is 2. The first-order chi connectivity index (χ1) is 16.1. The Labute approximate surface area is 196 Å². The molecule has 0 N–H and O–H groups in total. The third kappa shape index (κ3) is 5.07. The molecule has 0 aromatic heterocycles. The summed E-state index contributed by atoms with van der Waals surface area (Å²) >= 11 is 0. The lowest BCUT2D eigenvalue weighted by Gasteiger charge is -2.43. The van der Waals surface area contributed by atoms with Gasteiger partial charge in [-0.3, -0.25) is 14.6 Å².